The molecule has 0 spiro atoms. The number of nitrogens with one attached hydrogen (secondary N) is 2. The molecule has 1 rings (SSSR count). The molecule has 1 atom stereocenters. The van der Waals surface area contributed by atoms with Gasteiger partial charge in [-0.2, -0.15) is 0 Å². The molecular formula is C16H21ClN2O4. The third-order valence-electron chi connectivity index (χ3n) is 2.90. The average molecular weight is 341 g/mol. The van der Waals surface area contributed by atoms with Crippen LogP contribution in [0.3, 0.4) is 0 Å². The Morgan fingerprint density at radius 3 is 2.39 bits per heavy atom. The predicted octanol–water partition coefficient (Wildman–Crippen LogP) is 2.92. The monoisotopic (exact) mass is 340 g/mol. The van der Waals surface area contributed by atoms with E-state index in [0.29, 0.717) is 12.1 Å². The standard InChI is InChI=1S/C16H21ClN2O4/c1-9(15(22)23)18-14(21)11-7-10(5-6-12(11)17)19-13(20)8-16(2,3)4/h5-7,9H,8H2,1-4H3,(H,18,21)(H,19,20)(H,22,23)/t9-/m1/s1. The van der Waals surface area contributed by atoms with Gasteiger partial charge in [0.2, 0.25) is 5.91 Å². The fourth-order valence-corrected chi connectivity index (χ4v) is 2.00. The van der Waals surface area contributed by atoms with Crippen LogP contribution in [0.5, 0.6) is 0 Å². The summed E-state index contributed by atoms with van der Waals surface area (Å²) >= 11 is 5.98. The highest BCUT2D eigenvalue weighted by Crippen LogP contribution is 2.23. The largest absolute Gasteiger partial charge is 0.480 e. The van der Waals surface area contributed by atoms with E-state index in [4.69, 9.17) is 16.7 Å². The van der Waals surface area contributed by atoms with E-state index in [1.807, 2.05) is 20.8 Å². The number of rotatable bonds is 5. The van der Waals surface area contributed by atoms with E-state index < -0.39 is 17.9 Å². The number of hydrogen-bond acceptors (Lipinski definition) is 3. The Morgan fingerprint density at radius 2 is 1.87 bits per heavy atom. The van der Waals surface area contributed by atoms with Gasteiger partial charge in [0, 0.05) is 12.1 Å². The minimum absolute atomic E-state index is 0.105. The molecule has 7 heteroatoms. The maximum atomic E-state index is 12.1. The van der Waals surface area contributed by atoms with Crippen LogP contribution in [-0.4, -0.2) is 28.9 Å². The van der Waals surface area contributed by atoms with Crippen LogP contribution >= 0.6 is 11.6 Å². The molecule has 0 unspecified atom stereocenters. The van der Waals surface area contributed by atoms with Gasteiger partial charge in [0.05, 0.1) is 10.6 Å². The zero-order valence-electron chi connectivity index (χ0n) is 13.6. The lowest BCUT2D eigenvalue weighted by Gasteiger charge is -2.17. The number of amides is 2. The van der Waals surface area contributed by atoms with Gasteiger partial charge < -0.3 is 15.7 Å². The van der Waals surface area contributed by atoms with Crippen molar-refractivity contribution in [3.05, 3.63) is 28.8 Å². The molecule has 0 aliphatic heterocycles. The summed E-state index contributed by atoms with van der Waals surface area (Å²) in [7, 11) is 0. The second-order valence-electron chi connectivity index (χ2n) is 6.51. The normalized spacial score (nSPS) is 12.4. The quantitative estimate of drug-likeness (QED) is 0.768. The van der Waals surface area contributed by atoms with Crippen molar-refractivity contribution in [3.8, 4) is 0 Å². The molecule has 23 heavy (non-hydrogen) atoms. The second-order valence-corrected chi connectivity index (χ2v) is 6.92. The smallest absolute Gasteiger partial charge is 0.325 e. The van der Waals surface area contributed by atoms with Crippen LogP contribution in [0.1, 0.15) is 44.5 Å². The van der Waals surface area contributed by atoms with Gasteiger partial charge in [-0.05, 0) is 30.5 Å². The van der Waals surface area contributed by atoms with Gasteiger partial charge in [0.1, 0.15) is 6.04 Å². The Labute approximate surface area is 140 Å². The van der Waals surface area contributed by atoms with Gasteiger partial charge >= 0.3 is 5.97 Å². The van der Waals surface area contributed by atoms with Crippen LogP contribution in [0.25, 0.3) is 0 Å². The third kappa shape index (κ3) is 6.28. The maximum absolute atomic E-state index is 12.1. The van der Waals surface area contributed by atoms with Crippen molar-refractivity contribution in [2.24, 2.45) is 5.41 Å². The number of halogens is 1. The van der Waals surface area contributed by atoms with Gasteiger partial charge in [0.25, 0.3) is 5.91 Å². The number of carbonyl (C=O) groups is 3. The Kier molecular flexibility index (Phi) is 6.15. The fourth-order valence-electron chi connectivity index (χ4n) is 1.80. The number of aliphatic carboxylic acids is 1. The molecule has 0 heterocycles. The zero-order chi connectivity index (χ0) is 17.8. The predicted molar refractivity (Wildman–Crippen MR) is 88.7 cm³/mol. The van der Waals surface area contributed by atoms with Gasteiger partial charge in [-0.25, -0.2) is 0 Å². The lowest BCUT2D eigenvalue weighted by atomic mass is 9.92. The SMILES string of the molecule is C[C@@H](NC(=O)c1cc(NC(=O)CC(C)(C)C)ccc1Cl)C(=O)O. The average Bonchev–Trinajstić information content (AvgIpc) is 2.38. The summed E-state index contributed by atoms with van der Waals surface area (Å²) < 4.78 is 0. The van der Waals surface area contributed by atoms with Crippen molar-refractivity contribution in [3.63, 3.8) is 0 Å². The first kappa shape index (κ1) is 19.0. The Bertz CT molecular complexity index is 623. The van der Waals surface area contributed by atoms with E-state index in [9.17, 15) is 14.4 Å². The van der Waals surface area contributed by atoms with Crippen LogP contribution in [0.2, 0.25) is 5.02 Å². The lowest BCUT2D eigenvalue weighted by molar-refractivity contribution is -0.138. The molecule has 0 saturated carbocycles. The Balaban J connectivity index is 2.89. The van der Waals surface area contributed by atoms with Crippen molar-refractivity contribution in [2.45, 2.75) is 40.2 Å². The van der Waals surface area contributed by atoms with Crippen LogP contribution in [0, 0.1) is 5.41 Å². The van der Waals surface area contributed by atoms with Crippen molar-refractivity contribution >= 4 is 35.1 Å². The lowest BCUT2D eigenvalue weighted by Crippen LogP contribution is -2.38. The molecule has 6 nitrogen and oxygen atoms in total. The summed E-state index contributed by atoms with van der Waals surface area (Å²) in [6.45, 7) is 7.19. The molecule has 2 amide bonds. The summed E-state index contributed by atoms with van der Waals surface area (Å²) in [5.74, 6) is -1.94. The highest BCUT2D eigenvalue weighted by molar-refractivity contribution is 6.34. The van der Waals surface area contributed by atoms with Gasteiger partial charge in [-0.1, -0.05) is 32.4 Å². The summed E-state index contributed by atoms with van der Waals surface area (Å²) in [4.78, 5) is 34.8. The van der Waals surface area contributed by atoms with Crippen LogP contribution in [-0.2, 0) is 9.59 Å². The molecule has 0 aromatic heterocycles. The van der Waals surface area contributed by atoms with Gasteiger partial charge in [-0.3, -0.25) is 14.4 Å². The van der Waals surface area contributed by atoms with Crippen molar-refractivity contribution in [1.29, 1.82) is 0 Å². The summed E-state index contributed by atoms with van der Waals surface area (Å²) in [5.41, 5.74) is 0.373. The number of carboxylic acids is 1. The number of carboxylic acid groups (broad SMARTS) is 1. The fraction of sp³-hybridized carbons (Fsp3) is 0.438. The zero-order valence-corrected chi connectivity index (χ0v) is 14.3. The van der Waals surface area contributed by atoms with Crippen molar-refractivity contribution in [2.75, 3.05) is 5.32 Å². The van der Waals surface area contributed by atoms with Crippen LogP contribution in [0.4, 0.5) is 5.69 Å². The van der Waals surface area contributed by atoms with E-state index in [0.717, 1.165) is 0 Å². The number of anilines is 1. The van der Waals surface area contributed by atoms with E-state index in [1.54, 1.807) is 6.07 Å². The van der Waals surface area contributed by atoms with Crippen molar-refractivity contribution in [1.82, 2.24) is 5.32 Å². The molecular weight excluding hydrogens is 320 g/mol. The first-order chi connectivity index (χ1) is 10.5. The Morgan fingerprint density at radius 1 is 1.26 bits per heavy atom. The van der Waals surface area contributed by atoms with Crippen molar-refractivity contribution < 1.29 is 19.5 Å². The summed E-state index contributed by atoms with van der Waals surface area (Å²) in [6, 6.07) is 3.44. The van der Waals surface area contributed by atoms with Gasteiger partial charge in [-0.15, -0.1) is 0 Å². The van der Waals surface area contributed by atoms with E-state index in [-0.39, 0.29) is 21.9 Å². The number of benzene rings is 1. The Hall–Kier alpha value is -2.08. The molecule has 0 fully saturated rings. The molecule has 0 bridgehead atoms. The molecule has 3 N–H and O–H groups in total. The minimum atomic E-state index is -1.15. The number of hydrogen-bond donors (Lipinski definition) is 3. The minimum Gasteiger partial charge on any atom is -0.480 e. The molecule has 0 aliphatic carbocycles. The molecule has 126 valence electrons. The summed E-state index contributed by atoms with van der Waals surface area (Å²) in [6.07, 6.45) is 0.327. The van der Waals surface area contributed by atoms with Crippen LogP contribution < -0.4 is 10.6 Å². The maximum Gasteiger partial charge on any atom is 0.325 e. The van der Waals surface area contributed by atoms with E-state index in [2.05, 4.69) is 10.6 Å². The molecule has 0 saturated heterocycles. The molecule has 0 aliphatic rings. The first-order valence-corrected chi connectivity index (χ1v) is 7.50. The molecule has 0 radical (unpaired) electrons. The number of carbonyl (C=O) groups excluding carboxylic acids is 2. The molecule has 1 aromatic carbocycles. The first-order valence-electron chi connectivity index (χ1n) is 7.12. The highest BCUT2D eigenvalue weighted by Gasteiger charge is 2.19. The highest BCUT2D eigenvalue weighted by atomic mass is 35.5. The molecule has 1 aromatic rings. The van der Waals surface area contributed by atoms with E-state index >= 15 is 0 Å². The van der Waals surface area contributed by atoms with Gasteiger partial charge in [0.15, 0.2) is 0 Å². The topological polar surface area (TPSA) is 95.5 Å². The van der Waals surface area contributed by atoms with E-state index in [1.165, 1.54) is 19.1 Å². The summed E-state index contributed by atoms with van der Waals surface area (Å²) in [5, 5.41) is 14.0. The third-order valence-corrected chi connectivity index (χ3v) is 3.23. The second kappa shape index (κ2) is 7.46. The van der Waals surface area contributed by atoms with Crippen LogP contribution in [0.15, 0.2) is 18.2 Å².